The lowest BCUT2D eigenvalue weighted by atomic mass is 9.84. The number of halogens is 2. The molecule has 0 aliphatic heterocycles. The lowest BCUT2D eigenvalue weighted by Gasteiger charge is -2.24. The first kappa shape index (κ1) is 32.8. The molecule has 3 aromatic rings. The van der Waals surface area contributed by atoms with E-state index in [0.717, 1.165) is 28.7 Å². The molecule has 4 rings (SSSR count). The monoisotopic (exact) mass is 636 g/mol. The van der Waals surface area contributed by atoms with E-state index in [-0.39, 0.29) is 22.0 Å². The van der Waals surface area contributed by atoms with Crippen LogP contribution in [0.25, 0.3) is 5.57 Å². The van der Waals surface area contributed by atoms with E-state index in [2.05, 4.69) is 10.6 Å². The summed E-state index contributed by atoms with van der Waals surface area (Å²) in [6.45, 7) is 5.43. The number of benzene rings is 3. The minimum atomic E-state index is -0.967. The van der Waals surface area contributed by atoms with Gasteiger partial charge < -0.3 is 20.1 Å². The highest BCUT2D eigenvalue weighted by Crippen LogP contribution is 2.33. The van der Waals surface area contributed by atoms with Crippen molar-refractivity contribution in [2.24, 2.45) is 0 Å². The van der Waals surface area contributed by atoms with Gasteiger partial charge in [-0.25, -0.2) is 9.59 Å². The van der Waals surface area contributed by atoms with Crippen molar-refractivity contribution in [2.45, 2.75) is 58.1 Å². The van der Waals surface area contributed by atoms with E-state index in [0.29, 0.717) is 24.1 Å². The van der Waals surface area contributed by atoms with Gasteiger partial charge in [-0.05, 0) is 92.6 Å². The molecule has 0 saturated carbocycles. The summed E-state index contributed by atoms with van der Waals surface area (Å²) in [4.78, 5) is 51.4. The molecule has 1 aliphatic rings. The summed E-state index contributed by atoms with van der Waals surface area (Å²) in [6, 6.07) is 16.1. The van der Waals surface area contributed by atoms with Gasteiger partial charge in [0.1, 0.15) is 11.6 Å². The number of hydrogen-bond acceptors (Lipinski definition) is 6. The third-order valence-electron chi connectivity index (χ3n) is 6.97. The van der Waals surface area contributed by atoms with Gasteiger partial charge in [0.2, 0.25) is 0 Å². The summed E-state index contributed by atoms with van der Waals surface area (Å²) in [5.41, 5.74) is 3.66. The normalized spacial score (nSPS) is 14.3. The molecule has 0 radical (unpaired) electrons. The Hall–Kier alpha value is -4.14. The molecule has 1 atom stereocenters. The van der Waals surface area contributed by atoms with E-state index < -0.39 is 35.4 Å². The smallest absolute Gasteiger partial charge is 0.331 e. The molecule has 0 bridgehead atoms. The van der Waals surface area contributed by atoms with Crippen LogP contribution in [0.1, 0.15) is 71.0 Å². The highest BCUT2D eigenvalue weighted by molar-refractivity contribution is 6.40. The number of esters is 2. The van der Waals surface area contributed by atoms with Crippen molar-refractivity contribution in [1.82, 2.24) is 5.32 Å². The topological polar surface area (TPSA) is 111 Å². The first-order valence-electron chi connectivity index (χ1n) is 14.1. The Morgan fingerprint density at radius 1 is 0.909 bits per heavy atom. The third-order valence-corrected chi connectivity index (χ3v) is 7.60. The summed E-state index contributed by atoms with van der Waals surface area (Å²) in [5, 5.41) is 6.06. The SMILES string of the molecule is COC(=O)[C@H](Cc1ccc(NC(=O)c2c(Cl)cccc2Cl)cc1)NC(=O)c1cccc2c1CCCC2=CC(=O)OC(C)(C)C. The summed E-state index contributed by atoms with van der Waals surface area (Å²) in [5.74, 6) is -1.90. The zero-order valence-corrected chi connectivity index (χ0v) is 26.5. The van der Waals surface area contributed by atoms with Gasteiger partial charge in [0.15, 0.2) is 0 Å². The molecule has 44 heavy (non-hydrogen) atoms. The van der Waals surface area contributed by atoms with Crippen LogP contribution < -0.4 is 10.6 Å². The fourth-order valence-electron chi connectivity index (χ4n) is 5.02. The zero-order chi connectivity index (χ0) is 32.0. The Morgan fingerprint density at radius 3 is 2.20 bits per heavy atom. The van der Waals surface area contributed by atoms with Crippen LogP contribution in [-0.2, 0) is 31.9 Å². The van der Waals surface area contributed by atoms with Crippen LogP contribution >= 0.6 is 23.2 Å². The predicted octanol–water partition coefficient (Wildman–Crippen LogP) is 6.82. The summed E-state index contributed by atoms with van der Waals surface area (Å²) in [7, 11) is 1.26. The average molecular weight is 638 g/mol. The second-order valence-corrected chi connectivity index (χ2v) is 12.2. The number of carbonyl (C=O) groups is 4. The van der Waals surface area contributed by atoms with Crippen LogP contribution in [0.15, 0.2) is 66.7 Å². The number of hydrogen-bond donors (Lipinski definition) is 2. The van der Waals surface area contributed by atoms with E-state index in [9.17, 15) is 19.2 Å². The van der Waals surface area contributed by atoms with Crippen LogP contribution in [-0.4, -0.2) is 42.5 Å². The van der Waals surface area contributed by atoms with Crippen LogP contribution in [0.3, 0.4) is 0 Å². The molecule has 0 unspecified atom stereocenters. The first-order chi connectivity index (χ1) is 20.9. The third kappa shape index (κ3) is 8.27. The molecular formula is C34H34Cl2N2O6. The van der Waals surface area contributed by atoms with Gasteiger partial charge >= 0.3 is 11.9 Å². The number of amides is 2. The quantitative estimate of drug-likeness (QED) is 0.207. The van der Waals surface area contributed by atoms with Gasteiger partial charge in [-0.3, -0.25) is 9.59 Å². The number of methoxy groups -OCH3 is 1. The second kappa shape index (κ2) is 14.1. The molecule has 2 N–H and O–H groups in total. The molecule has 2 amide bonds. The van der Waals surface area contributed by atoms with Crippen molar-refractivity contribution < 1.29 is 28.7 Å². The Balaban J connectivity index is 1.49. The van der Waals surface area contributed by atoms with Crippen molar-refractivity contribution in [3.63, 3.8) is 0 Å². The number of allylic oxidation sites excluding steroid dienone is 1. The molecule has 230 valence electrons. The molecule has 0 saturated heterocycles. The molecule has 10 heteroatoms. The number of rotatable bonds is 8. The van der Waals surface area contributed by atoms with Gasteiger partial charge in [0.25, 0.3) is 11.8 Å². The van der Waals surface area contributed by atoms with Crippen molar-refractivity contribution in [3.8, 4) is 0 Å². The van der Waals surface area contributed by atoms with Gasteiger partial charge in [0.05, 0.1) is 22.7 Å². The van der Waals surface area contributed by atoms with Crippen LogP contribution in [0.5, 0.6) is 0 Å². The fourth-order valence-corrected chi connectivity index (χ4v) is 5.59. The van der Waals surface area contributed by atoms with Crippen molar-refractivity contribution in [1.29, 1.82) is 0 Å². The van der Waals surface area contributed by atoms with Crippen LogP contribution in [0, 0.1) is 0 Å². The second-order valence-electron chi connectivity index (χ2n) is 11.4. The molecule has 8 nitrogen and oxygen atoms in total. The van der Waals surface area contributed by atoms with Gasteiger partial charge in [-0.15, -0.1) is 0 Å². The molecule has 0 spiro atoms. The molecule has 0 fully saturated rings. The first-order valence-corrected chi connectivity index (χ1v) is 14.9. The molecule has 1 aliphatic carbocycles. The van der Waals surface area contributed by atoms with E-state index >= 15 is 0 Å². The summed E-state index contributed by atoms with van der Waals surface area (Å²) >= 11 is 12.3. The number of ether oxygens (including phenoxy) is 2. The molecule has 0 aromatic heterocycles. The van der Waals surface area contributed by atoms with E-state index in [1.54, 1.807) is 54.6 Å². The lowest BCUT2D eigenvalue weighted by Crippen LogP contribution is -2.43. The Bertz CT molecular complexity index is 1590. The highest BCUT2D eigenvalue weighted by atomic mass is 35.5. The molecule has 3 aromatic carbocycles. The Kier molecular flexibility index (Phi) is 10.5. The highest BCUT2D eigenvalue weighted by Gasteiger charge is 2.27. The maximum Gasteiger partial charge on any atom is 0.331 e. The largest absolute Gasteiger partial charge is 0.467 e. The Labute approximate surface area is 266 Å². The van der Waals surface area contributed by atoms with Crippen molar-refractivity contribution in [2.75, 3.05) is 12.4 Å². The van der Waals surface area contributed by atoms with E-state index in [4.69, 9.17) is 32.7 Å². The van der Waals surface area contributed by atoms with Crippen LogP contribution in [0.4, 0.5) is 5.69 Å². The van der Waals surface area contributed by atoms with Gasteiger partial charge in [-0.1, -0.05) is 53.5 Å². The lowest BCUT2D eigenvalue weighted by molar-refractivity contribution is -0.148. The van der Waals surface area contributed by atoms with Gasteiger partial charge in [-0.2, -0.15) is 0 Å². The average Bonchev–Trinajstić information content (AvgIpc) is 2.96. The molecular weight excluding hydrogens is 603 g/mol. The predicted molar refractivity (Wildman–Crippen MR) is 171 cm³/mol. The number of carbonyl (C=O) groups excluding carboxylic acids is 4. The van der Waals surface area contributed by atoms with E-state index in [1.165, 1.54) is 13.2 Å². The number of fused-ring (bicyclic) bond motifs is 1. The minimum Gasteiger partial charge on any atom is -0.467 e. The fraction of sp³-hybridized carbons (Fsp3) is 0.294. The Morgan fingerprint density at radius 2 is 1.57 bits per heavy atom. The standard InChI is InChI=1S/C34H34Cl2N2O6/c1-34(2,3)44-29(39)19-21-8-5-10-24-23(21)9-6-11-25(24)31(40)38-28(33(42)43-4)18-20-14-16-22(17-15-20)37-32(41)30-26(35)12-7-13-27(30)36/h6-7,9,11-17,19,28H,5,8,10,18H2,1-4H3,(H,37,41)(H,38,40)/t28-/m0/s1. The van der Waals surface area contributed by atoms with Crippen molar-refractivity contribution >= 4 is 58.2 Å². The molecule has 0 heterocycles. The van der Waals surface area contributed by atoms with Crippen LogP contribution in [0.2, 0.25) is 10.0 Å². The van der Waals surface area contributed by atoms with E-state index in [1.807, 2.05) is 26.8 Å². The maximum atomic E-state index is 13.5. The maximum absolute atomic E-state index is 13.5. The summed E-state index contributed by atoms with van der Waals surface area (Å²) < 4.78 is 10.4. The summed E-state index contributed by atoms with van der Waals surface area (Å²) in [6.07, 6.45) is 3.75. The van der Waals surface area contributed by atoms with Gasteiger partial charge in [0, 0.05) is 23.7 Å². The van der Waals surface area contributed by atoms with Crippen molar-refractivity contribution in [3.05, 3.63) is 105 Å². The number of anilines is 1. The zero-order valence-electron chi connectivity index (χ0n) is 25.0. The minimum absolute atomic E-state index is 0.155. The number of nitrogens with one attached hydrogen (secondary N) is 2.